The third kappa shape index (κ3) is 2.49. The molecule has 0 radical (unpaired) electrons. The van der Waals surface area contributed by atoms with E-state index < -0.39 is 11.9 Å². The number of hydrogen-bond acceptors (Lipinski definition) is 4. The van der Waals surface area contributed by atoms with E-state index >= 15 is 0 Å². The standard InChI is InChI=1S/C16H18N4O3/c1-19-14-10(5-3-9-17)4-2-6-11(14)20(16(19)23)12-7-8-13(21)18-15(12)22/h2-6,12H,7-9,17H2,1H3,(H,18,21,22)/b5-3+. The van der Waals surface area contributed by atoms with Gasteiger partial charge < -0.3 is 5.73 Å². The van der Waals surface area contributed by atoms with Crippen molar-refractivity contribution in [3.8, 4) is 0 Å². The molecule has 23 heavy (non-hydrogen) atoms. The zero-order valence-electron chi connectivity index (χ0n) is 12.8. The van der Waals surface area contributed by atoms with Crippen LogP contribution in [0.2, 0.25) is 0 Å². The molecule has 7 nitrogen and oxygen atoms in total. The highest BCUT2D eigenvalue weighted by Gasteiger charge is 2.31. The molecule has 120 valence electrons. The lowest BCUT2D eigenvalue weighted by molar-refractivity contribution is -0.135. The number of aryl methyl sites for hydroxylation is 1. The van der Waals surface area contributed by atoms with Crippen molar-refractivity contribution in [1.29, 1.82) is 0 Å². The summed E-state index contributed by atoms with van der Waals surface area (Å²) in [4.78, 5) is 36.1. The molecule has 1 aromatic carbocycles. The molecule has 3 rings (SSSR count). The zero-order chi connectivity index (χ0) is 16.6. The lowest BCUT2D eigenvalue weighted by Crippen LogP contribution is -2.44. The number of hydrogen-bond donors (Lipinski definition) is 2. The lowest BCUT2D eigenvalue weighted by Gasteiger charge is -2.21. The van der Waals surface area contributed by atoms with Crippen molar-refractivity contribution in [2.75, 3.05) is 6.54 Å². The average molecular weight is 314 g/mol. The van der Waals surface area contributed by atoms with Gasteiger partial charge in [0.1, 0.15) is 6.04 Å². The number of nitrogens with one attached hydrogen (secondary N) is 1. The number of rotatable bonds is 3. The summed E-state index contributed by atoms with van der Waals surface area (Å²) in [5, 5.41) is 2.30. The quantitative estimate of drug-likeness (QED) is 0.795. The van der Waals surface area contributed by atoms with Gasteiger partial charge in [-0.05, 0) is 12.5 Å². The number of para-hydroxylation sites is 1. The average Bonchev–Trinajstić information content (AvgIpc) is 2.78. The van der Waals surface area contributed by atoms with Crippen molar-refractivity contribution in [1.82, 2.24) is 14.5 Å². The van der Waals surface area contributed by atoms with E-state index in [4.69, 9.17) is 5.73 Å². The summed E-state index contributed by atoms with van der Waals surface area (Å²) in [5.74, 6) is -0.732. The number of nitrogens with zero attached hydrogens (tertiary/aromatic N) is 2. The zero-order valence-corrected chi connectivity index (χ0v) is 12.8. The van der Waals surface area contributed by atoms with Crippen molar-refractivity contribution >= 4 is 28.9 Å². The first kappa shape index (κ1) is 15.2. The molecule has 3 N–H and O–H groups in total. The molecular weight excluding hydrogens is 296 g/mol. The molecule has 1 aromatic heterocycles. The minimum absolute atomic E-state index is 0.228. The third-order valence-corrected chi connectivity index (χ3v) is 4.09. The topological polar surface area (TPSA) is 99.1 Å². The highest BCUT2D eigenvalue weighted by Crippen LogP contribution is 2.25. The summed E-state index contributed by atoms with van der Waals surface area (Å²) in [6, 6.07) is 4.86. The summed E-state index contributed by atoms with van der Waals surface area (Å²) in [7, 11) is 1.67. The summed E-state index contributed by atoms with van der Waals surface area (Å²) in [6.45, 7) is 0.401. The Morgan fingerprint density at radius 2 is 2.13 bits per heavy atom. The van der Waals surface area contributed by atoms with E-state index in [-0.39, 0.29) is 18.0 Å². The molecule has 1 aliphatic heterocycles. The van der Waals surface area contributed by atoms with Crippen molar-refractivity contribution in [3.63, 3.8) is 0 Å². The summed E-state index contributed by atoms with van der Waals surface area (Å²) in [6.07, 6.45) is 4.22. The van der Waals surface area contributed by atoms with Crippen molar-refractivity contribution in [3.05, 3.63) is 40.3 Å². The van der Waals surface area contributed by atoms with Crippen LogP contribution in [0.4, 0.5) is 0 Å². The van der Waals surface area contributed by atoms with E-state index in [1.165, 1.54) is 9.13 Å². The number of imidazole rings is 1. The Hall–Kier alpha value is -2.67. The smallest absolute Gasteiger partial charge is 0.327 e. The van der Waals surface area contributed by atoms with E-state index in [0.29, 0.717) is 18.5 Å². The van der Waals surface area contributed by atoms with Gasteiger partial charge >= 0.3 is 5.69 Å². The normalized spacial score (nSPS) is 18.8. The number of amides is 2. The first-order chi connectivity index (χ1) is 11.0. The molecule has 7 heteroatoms. The predicted octanol–water partition coefficient (Wildman–Crippen LogP) is 0.290. The van der Waals surface area contributed by atoms with Gasteiger partial charge in [-0.25, -0.2) is 4.79 Å². The van der Waals surface area contributed by atoms with Crippen LogP contribution < -0.4 is 16.7 Å². The van der Waals surface area contributed by atoms with Crippen LogP contribution in [0.3, 0.4) is 0 Å². The number of fused-ring (bicyclic) bond motifs is 1. The van der Waals surface area contributed by atoms with Crippen LogP contribution in [0.1, 0.15) is 24.4 Å². The van der Waals surface area contributed by atoms with Gasteiger partial charge in [0.05, 0.1) is 11.0 Å². The first-order valence-corrected chi connectivity index (χ1v) is 7.45. The van der Waals surface area contributed by atoms with E-state index in [0.717, 1.165) is 11.1 Å². The largest absolute Gasteiger partial charge is 0.329 e. The second-order valence-corrected chi connectivity index (χ2v) is 5.53. The molecule has 1 saturated heterocycles. The Balaban J connectivity index is 2.21. The monoisotopic (exact) mass is 314 g/mol. The Kier molecular flexibility index (Phi) is 3.87. The van der Waals surface area contributed by atoms with Crippen LogP contribution in [0.5, 0.6) is 0 Å². The highest BCUT2D eigenvalue weighted by atomic mass is 16.2. The molecule has 0 bridgehead atoms. The van der Waals surface area contributed by atoms with E-state index in [1.807, 2.05) is 24.3 Å². The van der Waals surface area contributed by atoms with Crippen molar-refractivity contribution in [2.45, 2.75) is 18.9 Å². The van der Waals surface area contributed by atoms with Gasteiger partial charge in [0.2, 0.25) is 11.8 Å². The van der Waals surface area contributed by atoms with Crippen LogP contribution in [-0.2, 0) is 16.6 Å². The van der Waals surface area contributed by atoms with Crippen LogP contribution in [-0.4, -0.2) is 27.5 Å². The van der Waals surface area contributed by atoms with Crippen molar-refractivity contribution < 1.29 is 9.59 Å². The van der Waals surface area contributed by atoms with Crippen LogP contribution >= 0.6 is 0 Å². The fraction of sp³-hybridized carbons (Fsp3) is 0.312. The van der Waals surface area contributed by atoms with Gasteiger partial charge in [0.25, 0.3) is 0 Å². The van der Waals surface area contributed by atoms with Crippen LogP contribution in [0.25, 0.3) is 17.1 Å². The predicted molar refractivity (Wildman–Crippen MR) is 86.7 cm³/mol. The SMILES string of the molecule is Cn1c(=O)n(C2CCC(=O)NC2=O)c2cccc(/C=C/CN)c21. The molecule has 1 aliphatic rings. The summed E-state index contributed by atoms with van der Waals surface area (Å²) < 4.78 is 2.99. The van der Waals surface area contributed by atoms with Gasteiger partial charge in [-0.1, -0.05) is 24.3 Å². The number of benzene rings is 1. The molecule has 1 fully saturated rings. The highest BCUT2D eigenvalue weighted by molar-refractivity contribution is 6.00. The van der Waals surface area contributed by atoms with Gasteiger partial charge in [-0.3, -0.25) is 24.0 Å². The number of carbonyl (C=O) groups excluding carboxylic acids is 2. The third-order valence-electron chi connectivity index (χ3n) is 4.09. The van der Waals surface area contributed by atoms with Gasteiger partial charge in [0, 0.05) is 25.6 Å². The number of imide groups is 1. The maximum atomic E-state index is 12.7. The lowest BCUT2D eigenvalue weighted by atomic mass is 10.1. The molecular formula is C16H18N4O3. The van der Waals surface area contributed by atoms with Crippen LogP contribution in [0.15, 0.2) is 29.1 Å². The maximum Gasteiger partial charge on any atom is 0.329 e. The maximum absolute atomic E-state index is 12.7. The number of piperidine rings is 1. The second-order valence-electron chi connectivity index (χ2n) is 5.53. The molecule has 0 aliphatic carbocycles. The number of carbonyl (C=O) groups is 2. The Bertz CT molecular complexity index is 875. The molecule has 2 aromatic rings. The van der Waals surface area contributed by atoms with Crippen LogP contribution in [0, 0.1) is 0 Å². The fourth-order valence-electron chi connectivity index (χ4n) is 3.03. The minimum Gasteiger partial charge on any atom is -0.327 e. The Morgan fingerprint density at radius 3 is 2.83 bits per heavy atom. The van der Waals surface area contributed by atoms with Gasteiger partial charge in [0.15, 0.2) is 0 Å². The Morgan fingerprint density at radius 1 is 1.35 bits per heavy atom. The molecule has 2 heterocycles. The van der Waals surface area contributed by atoms with Gasteiger partial charge in [-0.2, -0.15) is 0 Å². The molecule has 0 spiro atoms. The number of aromatic nitrogens is 2. The first-order valence-electron chi connectivity index (χ1n) is 7.45. The Labute approximate surface area is 132 Å². The second kappa shape index (κ2) is 5.85. The molecule has 1 atom stereocenters. The van der Waals surface area contributed by atoms with Gasteiger partial charge in [-0.15, -0.1) is 0 Å². The molecule has 1 unspecified atom stereocenters. The van der Waals surface area contributed by atoms with E-state index in [2.05, 4.69) is 5.32 Å². The molecule has 0 saturated carbocycles. The van der Waals surface area contributed by atoms with E-state index in [9.17, 15) is 14.4 Å². The number of nitrogens with two attached hydrogens (primary N) is 1. The fourth-order valence-corrected chi connectivity index (χ4v) is 3.03. The van der Waals surface area contributed by atoms with E-state index in [1.54, 1.807) is 13.1 Å². The molecule has 2 amide bonds. The summed E-state index contributed by atoms with van der Waals surface area (Å²) in [5.41, 5.74) is 7.50. The summed E-state index contributed by atoms with van der Waals surface area (Å²) >= 11 is 0. The minimum atomic E-state index is -0.669. The van der Waals surface area contributed by atoms with Crippen molar-refractivity contribution in [2.24, 2.45) is 12.8 Å².